The van der Waals surface area contributed by atoms with Crippen molar-refractivity contribution in [3.63, 3.8) is 0 Å². The second-order valence-electron chi connectivity index (χ2n) is 3.22. The molecule has 0 atom stereocenters. The van der Waals surface area contributed by atoms with E-state index in [4.69, 9.17) is 9.79 Å². The van der Waals surface area contributed by atoms with Gasteiger partial charge in [0.1, 0.15) is 0 Å². The molecule has 0 fully saturated rings. The number of hydrogen-bond donors (Lipinski definition) is 3. The Kier molecular flexibility index (Phi) is 2.59. The minimum atomic E-state index is -4.68. The average molecular weight is 240 g/mol. The molecule has 0 aliphatic rings. The largest absolute Gasteiger partial charge is 0.524 e. The number of fused-ring (bicyclic) bond motifs is 1. The van der Waals surface area contributed by atoms with Gasteiger partial charge in [-0.05, 0) is 11.5 Å². The summed E-state index contributed by atoms with van der Waals surface area (Å²) in [6, 6.07) is 9.79. The molecule has 0 aliphatic carbocycles. The zero-order valence-electron chi connectivity index (χ0n) is 8.07. The van der Waals surface area contributed by atoms with Crippen LogP contribution in [0.4, 0.5) is 0 Å². The fraction of sp³-hybridized carbons (Fsp3) is 0. The van der Waals surface area contributed by atoms with Crippen LogP contribution in [0.5, 0.6) is 11.5 Å². The van der Waals surface area contributed by atoms with Crippen molar-refractivity contribution in [1.82, 2.24) is 0 Å². The maximum Gasteiger partial charge on any atom is 0.524 e. The fourth-order valence-electron chi connectivity index (χ4n) is 1.45. The number of phenols is 1. The number of hydrogen-bond acceptors (Lipinski definition) is 3. The average Bonchev–Trinajstić information content (AvgIpc) is 2.21. The van der Waals surface area contributed by atoms with Crippen molar-refractivity contribution in [2.24, 2.45) is 0 Å². The highest BCUT2D eigenvalue weighted by atomic mass is 31.2. The van der Waals surface area contributed by atoms with E-state index in [0.29, 0.717) is 5.39 Å². The summed E-state index contributed by atoms with van der Waals surface area (Å²) in [5, 5.41) is 10.7. The minimum absolute atomic E-state index is 0.202. The van der Waals surface area contributed by atoms with E-state index in [2.05, 4.69) is 4.52 Å². The first-order valence-electron chi connectivity index (χ1n) is 4.43. The monoisotopic (exact) mass is 240 g/mol. The second kappa shape index (κ2) is 3.79. The molecule has 0 saturated carbocycles. The Labute approximate surface area is 91.2 Å². The van der Waals surface area contributed by atoms with Crippen LogP contribution in [0.1, 0.15) is 0 Å². The first kappa shape index (κ1) is 11.0. The molecule has 0 saturated heterocycles. The van der Waals surface area contributed by atoms with Crippen molar-refractivity contribution in [3.05, 3.63) is 36.4 Å². The van der Waals surface area contributed by atoms with Crippen LogP contribution in [-0.2, 0) is 4.57 Å². The maximum absolute atomic E-state index is 10.8. The van der Waals surface area contributed by atoms with E-state index in [9.17, 15) is 9.67 Å². The topological polar surface area (TPSA) is 87.0 Å². The molecule has 2 aromatic rings. The molecule has 0 spiro atoms. The number of aromatic hydroxyl groups is 1. The van der Waals surface area contributed by atoms with Gasteiger partial charge >= 0.3 is 7.82 Å². The molecule has 2 aromatic carbocycles. The van der Waals surface area contributed by atoms with Crippen molar-refractivity contribution in [2.75, 3.05) is 0 Å². The molecule has 3 N–H and O–H groups in total. The first-order valence-corrected chi connectivity index (χ1v) is 5.96. The van der Waals surface area contributed by atoms with Crippen molar-refractivity contribution in [1.29, 1.82) is 0 Å². The number of phosphoric acid groups is 1. The van der Waals surface area contributed by atoms with Crippen molar-refractivity contribution in [3.8, 4) is 11.5 Å². The third-order valence-corrected chi connectivity index (χ3v) is 2.49. The molecule has 0 bridgehead atoms. The van der Waals surface area contributed by atoms with E-state index in [1.807, 2.05) is 0 Å². The molecule has 6 heteroatoms. The standard InChI is InChI=1S/C10H9O5P/c11-9-6-5-7-3-1-2-4-8(7)10(9)15-16(12,13)14/h1-6,11H,(H2,12,13,14). The number of rotatable bonds is 2. The van der Waals surface area contributed by atoms with Gasteiger partial charge in [0.05, 0.1) is 0 Å². The Bertz CT molecular complexity index is 574. The second-order valence-corrected chi connectivity index (χ2v) is 4.38. The van der Waals surface area contributed by atoms with Gasteiger partial charge in [0.25, 0.3) is 0 Å². The lowest BCUT2D eigenvalue weighted by molar-refractivity contribution is 0.279. The lowest BCUT2D eigenvalue weighted by Gasteiger charge is -2.11. The molecular formula is C10H9O5P. The summed E-state index contributed by atoms with van der Waals surface area (Å²) in [5.41, 5.74) is 0. The number of phenolic OH excluding ortho intramolecular Hbond substituents is 1. The van der Waals surface area contributed by atoms with E-state index >= 15 is 0 Å². The van der Waals surface area contributed by atoms with Crippen molar-refractivity contribution < 1.29 is 24.0 Å². The third-order valence-electron chi connectivity index (χ3n) is 2.07. The Hall–Kier alpha value is -1.55. The van der Waals surface area contributed by atoms with Gasteiger partial charge < -0.3 is 9.63 Å². The molecule has 0 unspecified atom stereocenters. The Morgan fingerprint density at radius 2 is 1.75 bits per heavy atom. The summed E-state index contributed by atoms with van der Waals surface area (Å²) in [7, 11) is -4.68. The van der Waals surface area contributed by atoms with Crippen molar-refractivity contribution in [2.45, 2.75) is 0 Å². The minimum Gasteiger partial charge on any atom is -0.504 e. The highest BCUT2D eigenvalue weighted by Gasteiger charge is 2.20. The van der Waals surface area contributed by atoms with Crippen LogP contribution in [0.2, 0.25) is 0 Å². The van der Waals surface area contributed by atoms with Crippen LogP contribution in [0.15, 0.2) is 36.4 Å². The first-order chi connectivity index (χ1) is 7.47. The number of benzene rings is 2. The fourth-order valence-corrected chi connectivity index (χ4v) is 1.88. The van der Waals surface area contributed by atoms with Crippen LogP contribution in [0.3, 0.4) is 0 Å². The van der Waals surface area contributed by atoms with E-state index in [0.717, 1.165) is 5.39 Å². The van der Waals surface area contributed by atoms with Gasteiger partial charge in [-0.15, -0.1) is 0 Å². The molecular weight excluding hydrogens is 231 g/mol. The zero-order valence-corrected chi connectivity index (χ0v) is 8.96. The molecule has 16 heavy (non-hydrogen) atoms. The molecule has 0 amide bonds. The third kappa shape index (κ3) is 2.17. The predicted octanol–water partition coefficient (Wildman–Crippen LogP) is 2.02. The Balaban J connectivity index is 2.66. The molecule has 0 heterocycles. The van der Waals surface area contributed by atoms with Crippen LogP contribution in [0.25, 0.3) is 10.8 Å². The lowest BCUT2D eigenvalue weighted by atomic mass is 10.1. The van der Waals surface area contributed by atoms with Gasteiger partial charge in [0.15, 0.2) is 11.5 Å². The van der Waals surface area contributed by atoms with E-state index in [-0.39, 0.29) is 11.5 Å². The summed E-state index contributed by atoms with van der Waals surface area (Å²) >= 11 is 0. The zero-order chi connectivity index (χ0) is 11.8. The summed E-state index contributed by atoms with van der Waals surface area (Å²) < 4.78 is 15.2. The van der Waals surface area contributed by atoms with E-state index < -0.39 is 7.82 Å². The van der Waals surface area contributed by atoms with Gasteiger partial charge in [-0.25, -0.2) is 4.57 Å². The lowest BCUT2D eigenvalue weighted by Crippen LogP contribution is -1.91. The molecule has 0 aliphatic heterocycles. The summed E-state index contributed by atoms with van der Waals surface area (Å²) in [6.45, 7) is 0. The Morgan fingerprint density at radius 3 is 2.44 bits per heavy atom. The summed E-state index contributed by atoms with van der Waals surface area (Å²) in [4.78, 5) is 17.5. The van der Waals surface area contributed by atoms with Gasteiger partial charge in [0, 0.05) is 5.39 Å². The maximum atomic E-state index is 10.8. The molecule has 0 aromatic heterocycles. The normalized spacial score (nSPS) is 11.6. The summed E-state index contributed by atoms with van der Waals surface area (Å²) in [5.74, 6) is -0.506. The SMILES string of the molecule is O=P(O)(O)Oc1c(O)ccc2ccccc12. The molecule has 0 radical (unpaired) electrons. The smallest absolute Gasteiger partial charge is 0.504 e. The highest BCUT2D eigenvalue weighted by Crippen LogP contribution is 2.45. The Morgan fingerprint density at radius 1 is 1.06 bits per heavy atom. The molecule has 84 valence electrons. The van der Waals surface area contributed by atoms with Gasteiger partial charge in [-0.1, -0.05) is 30.3 Å². The van der Waals surface area contributed by atoms with E-state index in [1.54, 1.807) is 30.3 Å². The van der Waals surface area contributed by atoms with Crippen LogP contribution >= 0.6 is 7.82 Å². The highest BCUT2D eigenvalue weighted by molar-refractivity contribution is 7.46. The van der Waals surface area contributed by atoms with Gasteiger partial charge in [-0.3, -0.25) is 9.79 Å². The van der Waals surface area contributed by atoms with Crippen LogP contribution < -0.4 is 4.52 Å². The van der Waals surface area contributed by atoms with E-state index in [1.165, 1.54) is 6.07 Å². The van der Waals surface area contributed by atoms with Gasteiger partial charge in [0.2, 0.25) is 0 Å². The molecule has 5 nitrogen and oxygen atoms in total. The van der Waals surface area contributed by atoms with Gasteiger partial charge in [-0.2, -0.15) is 0 Å². The van der Waals surface area contributed by atoms with Crippen LogP contribution in [0, 0.1) is 0 Å². The quantitative estimate of drug-likeness (QED) is 0.699. The predicted molar refractivity (Wildman–Crippen MR) is 58.3 cm³/mol. The summed E-state index contributed by atoms with van der Waals surface area (Å²) in [6.07, 6.45) is 0. The van der Waals surface area contributed by atoms with Crippen LogP contribution in [-0.4, -0.2) is 14.9 Å². The molecule has 2 rings (SSSR count). The number of phosphoric ester groups is 1. The van der Waals surface area contributed by atoms with Crippen molar-refractivity contribution >= 4 is 18.6 Å².